The van der Waals surface area contributed by atoms with Gasteiger partial charge >= 0.3 is 12.1 Å². The van der Waals surface area contributed by atoms with E-state index in [1.807, 2.05) is 30.3 Å². The van der Waals surface area contributed by atoms with Crippen molar-refractivity contribution < 1.29 is 22.7 Å². The van der Waals surface area contributed by atoms with Crippen LogP contribution >= 0.6 is 0 Å². The van der Waals surface area contributed by atoms with Gasteiger partial charge in [0.1, 0.15) is 0 Å². The Hall–Kier alpha value is -2.56. The molecule has 0 saturated carbocycles. The Morgan fingerprint density at radius 3 is 2.21 bits per heavy atom. The second-order valence-corrected chi connectivity index (χ2v) is 5.27. The van der Waals surface area contributed by atoms with Gasteiger partial charge in [-0.05, 0) is 42.2 Å². The minimum atomic E-state index is -4.37. The van der Waals surface area contributed by atoms with E-state index < -0.39 is 17.7 Å². The third kappa shape index (κ3) is 4.98. The van der Waals surface area contributed by atoms with E-state index in [4.69, 9.17) is 4.74 Å². The van der Waals surface area contributed by atoms with E-state index in [1.54, 1.807) is 6.08 Å². The molecule has 24 heavy (non-hydrogen) atoms. The average Bonchev–Trinajstić information content (AvgIpc) is 2.58. The lowest BCUT2D eigenvalue weighted by atomic mass is 10.0. The second kappa shape index (κ2) is 7.81. The Morgan fingerprint density at radius 1 is 1.04 bits per heavy atom. The number of hydrogen-bond donors (Lipinski definition) is 0. The standard InChI is InChI=1S/C19H17F3O2/c1-24-18(23)16(10-7-14-5-3-2-4-6-14)13-15-8-11-17(12-9-15)19(20,21)22/h2-6,8-9,11-13H,7,10H2,1H3/b16-13+. The fourth-order valence-electron chi connectivity index (χ4n) is 2.26. The lowest BCUT2D eigenvalue weighted by Crippen LogP contribution is -2.06. The van der Waals surface area contributed by atoms with Crippen LogP contribution in [0.3, 0.4) is 0 Å². The third-order valence-electron chi connectivity index (χ3n) is 3.55. The lowest BCUT2D eigenvalue weighted by molar-refractivity contribution is -0.138. The van der Waals surface area contributed by atoms with E-state index in [-0.39, 0.29) is 0 Å². The summed E-state index contributed by atoms with van der Waals surface area (Å²) in [5, 5.41) is 0. The first kappa shape index (κ1) is 17.8. The molecule has 0 aliphatic heterocycles. The van der Waals surface area contributed by atoms with Gasteiger partial charge in [0, 0.05) is 5.57 Å². The smallest absolute Gasteiger partial charge is 0.416 e. The minimum absolute atomic E-state index is 0.418. The Labute approximate surface area is 138 Å². The molecule has 126 valence electrons. The van der Waals surface area contributed by atoms with Crippen molar-refractivity contribution in [1.29, 1.82) is 0 Å². The number of rotatable bonds is 5. The fraction of sp³-hybridized carbons (Fsp3) is 0.211. The van der Waals surface area contributed by atoms with E-state index in [9.17, 15) is 18.0 Å². The van der Waals surface area contributed by atoms with E-state index in [2.05, 4.69) is 0 Å². The molecule has 0 amide bonds. The number of aryl methyl sites for hydroxylation is 1. The molecule has 0 fully saturated rings. The van der Waals surface area contributed by atoms with Crippen molar-refractivity contribution in [3.05, 3.63) is 76.9 Å². The molecule has 0 aliphatic rings. The molecule has 0 unspecified atom stereocenters. The minimum Gasteiger partial charge on any atom is -0.466 e. The molecule has 0 bridgehead atoms. The quantitative estimate of drug-likeness (QED) is 0.574. The van der Waals surface area contributed by atoms with Crippen LogP contribution in [0.1, 0.15) is 23.1 Å². The summed E-state index contributed by atoms with van der Waals surface area (Å²) in [5.74, 6) is -0.481. The first-order chi connectivity index (χ1) is 11.4. The van der Waals surface area contributed by atoms with Crippen LogP contribution in [0.2, 0.25) is 0 Å². The largest absolute Gasteiger partial charge is 0.466 e. The molecule has 0 saturated heterocycles. The van der Waals surface area contributed by atoms with Gasteiger partial charge in [-0.15, -0.1) is 0 Å². The number of carbonyl (C=O) groups excluding carboxylic acids is 1. The molecule has 0 atom stereocenters. The zero-order valence-corrected chi connectivity index (χ0v) is 13.1. The average molecular weight is 334 g/mol. The Kier molecular flexibility index (Phi) is 5.79. The molecule has 0 spiro atoms. The van der Waals surface area contributed by atoms with Crippen LogP contribution < -0.4 is 0 Å². The van der Waals surface area contributed by atoms with Crippen molar-refractivity contribution in [2.24, 2.45) is 0 Å². The number of halogens is 3. The van der Waals surface area contributed by atoms with Gasteiger partial charge in [0.25, 0.3) is 0 Å². The lowest BCUT2D eigenvalue weighted by Gasteiger charge is -2.08. The van der Waals surface area contributed by atoms with E-state index >= 15 is 0 Å². The van der Waals surface area contributed by atoms with E-state index in [0.717, 1.165) is 17.7 Å². The number of benzene rings is 2. The van der Waals surface area contributed by atoms with Crippen LogP contribution in [-0.4, -0.2) is 13.1 Å². The molecule has 0 N–H and O–H groups in total. The third-order valence-corrected chi connectivity index (χ3v) is 3.55. The highest BCUT2D eigenvalue weighted by atomic mass is 19.4. The number of alkyl halides is 3. The number of ether oxygens (including phenoxy) is 1. The predicted octanol–water partition coefficient (Wildman–Crippen LogP) is 4.89. The van der Waals surface area contributed by atoms with Gasteiger partial charge in [-0.1, -0.05) is 42.5 Å². The SMILES string of the molecule is COC(=O)/C(=C/c1ccc(C(F)(F)F)cc1)CCc1ccccc1. The zero-order chi connectivity index (χ0) is 17.6. The monoisotopic (exact) mass is 334 g/mol. The first-order valence-corrected chi connectivity index (χ1v) is 7.40. The summed E-state index contributed by atoms with van der Waals surface area (Å²) in [6.45, 7) is 0. The first-order valence-electron chi connectivity index (χ1n) is 7.40. The van der Waals surface area contributed by atoms with Crippen LogP contribution in [0.4, 0.5) is 13.2 Å². The van der Waals surface area contributed by atoms with Crippen molar-refractivity contribution in [3.8, 4) is 0 Å². The maximum atomic E-state index is 12.6. The van der Waals surface area contributed by atoms with Gasteiger partial charge in [0.2, 0.25) is 0 Å². The summed E-state index contributed by atoms with van der Waals surface area (Å²) < 4.78 is 42.5. The maximum Gasteiger partial charge on any atom is 0.416 e. The fourth-order valence-corrected chi connectivity index (χ4v) is 2.26. The molecule has 5 heteroatoms. The van der Waals surface area contributed by atoms with Crippen LogP contribution in [-0.2, 0) is 22.1 Å². The Balaban J connectivity index is 2.17. The molecule has 2 aromatic rings. The summed E-state index contributed by atoms with van der Waals surface area (Å²) in [5.41, 5.74) is 1.29. The van der Waals surface area contributed by atoms with Crippen molar-refractivity contribution in [3.63, 3.8) is 0 Å². The number of esters is 1. The predicted molar refractivity (Wildman–Crippen MR) is 86.2 cm³/mol. The summed E-state index contributed by atoms with van der Waals surface area (Å²) in [6.07, 6.45) is -1.73. The number of hydrogen-bond acceptors (Lipinski definition) is 2. The molecule has 2 aromatic carbocycles. The van der Waals surface area contributed by atoms with Gasteiger partial charge in [0.15, 0.2) is 0 Å². The number of methoxy groups -OCH3 is 1. The normalized spacial score (nSPS) is 12.1. The van der Waals surface area contributed by atoms with Gasteiger partial charge in [0.05, 0.1) is 12.7 Å². The summed E-state index contributed by atoms with van der Waals surface area (Å²) in [7, 11) is 1.28. The molecule has 0 heterocycles. The van der Waals surface area contributed by atoms with Crippen LogP contribution in [0, 0.1) is 0 Å². The van der Waals surface area contributed by atoms with Gasteiger partial charge in [-0.2, -0.15) is 13.2 Å². The van der Waals surface area contributed by atoms with E-state index in [1.165, 1.54) is 19.2 Å². The molecule has 0 radical (unpaired) electrons. The molecular formula is C19H17F3O2. The van der Waals surface area contributed by atoms with Gasteiger partial charge < -0.3 is 4.74 Å². The van der Waals surface area contributed by atoms with Gasteiger partial charge in [-0.25, -0.2) is 4.79 Å². The summed E-state index contributed by atoms with van der Waals surface area (Å²) in [6, 6.07) is 14.3. The van der Waals surface area contributed by atoms with Crippen LogP contribution in [0.5, 0.6) is 0 Å². The van der Waals surface area contributed by atoms with Crippen molar-refractivity contribution in [2.75, 3.05) is 7.11 Å². The summed E-state index contributed by atoms with van der Waals surface area (Å²) in [4.78, 5) is 11.9. The molecule has 0 aliphatic carbocycles. The molecule has 2 rings (SSSR count). The van der Waals surface area contributed by atoms with Crippen molar-refractivity contribution in [2.45, 2.75) is 19.0 Å². The highest BCUT2D eigenvalue weighted by molar-refractivity contribution is 5.93. The second-order valence-electron chi connectivity index (χ2n) is 5.27. The van der Waals surface area contributed by atoms with Crippen LogP contribution in [0.25, 0.3) is 6.08 Å². The maximum absolute atomic E-state index is 12.6. The topological polar surface area (TPSA) is 26.3 Å². The summed E-state index contributed by atoms with van der Waals surface area (Å²) >= 11 is 0. The molecule has 2 nitrogen and oxygen atoms in total. The molecule has 0 aromatic heterocycles. The highest BCUT2D eigenvalue weighted by Crippen LogP contribution is 2.29. The number of carbonyl (C=O) groups is 1. The van der Waals surface area contributed by atoms with Crippen molar-refractivity contribution in [1.82, 2.24) is 0 Å². The highest BCUT2D eigenvalue weighted by Gasteiger charge is 2.29. The van der Waals surface area contributed by atoms with Crippen molar-refractivity contribution >= 4 is 12.0 Å². The molecular weight excluding hydrogens is 317 g/mol. The van der Waals surface area contributed by atoms with Gasteiger partial charge in [-0.3, -0.25) is 0 Å². The Morgan fingerprint density at radius 2 is 1.67 bits per heavy atom. The zero-order valence-electron chi connectivity index (χ0n) is 13.1. The van der Waals surface area contributed by atoms with E-state index in [0.29, 0.717) is 24.0 Å². The van der Waals surface area contributed by atoms with Crippen LogP contribution in [0.15, 0.2) is 60.2 Å². The Bertz CT molecular complexity index is 702.